The van der Waals surface area contributed by atoms with Gasteiger partial charge in [-0.2, -0.15) is 8.42 Å². The molecule has 0 aliphatic rings. The smallest absolute Gasteiger partial charge is 0.302 e. The van der Waals surface area contributed by atoms with Gasteiger partial charge in [0.2, 0.25) is 0 Å². The highest BCUT2D eigenvalue weighted by molar-refractivity contribution is 7.86. The third-order valence-corrected chi connectivity index (χ3v) is 3.84. The summed E-state index contributed by atoms with van der Waals surface area (Å²) >= 11 is 0. The molecule has 2 aromatic rings. The van der Waals surface area contributed by atoms with E-state index in [0.717, 1.165) is 10.9 Å². The Labute approximate surface area is 116 Å². The highest BCUT2D eigenvalue weighted by atomic mass is 32.2. The zero-order chi connectivity index (χ0) is 14.8. The van der Waals surface area contributed by atoms with Crippen LogP contribution in [-0.2, 0) is 26.1 Å². The summed E-state index contributed by atoms with van der Waals surface area (Å²) in [5, 5.41) is 1.17. The van der Waals surface area contributed by atoms with Gasteiger partial charge in [-0.3, -0.25) is 9.35 Å². The highest BCUT2D eigenvalue weighted by Crippen LogP contribution is 2.26. The molecule has 0 heterocycles. The van der Waals surface area contributed by atoms with Gasteiger partial charge >= 0.3 is 5.97 Å². The number of ether oxygens (including phenoxy) is 1. The van der Waals surface area contributed by atoms with E-state index < -0.39 is 10.1 Å². The van der Waals surface area contributed by atoms with Gasteiger partial charge in [0.15, 0.2) is 0 Å². The molecule has 1 N–H and O–H groups in total. The van der Waals surface area contributed by atoms with Gasteiger partial charge in [-0.25, -0.2) is 0 Å². The van der Waals surface area contributed by atoms with E-state index in [1.54, 1.807) is 30.3 Å². The van der Waals surface area contributed by atoms with Gasteiger partial charge in [-0.05, 0) is 17.0 Å². The van der Waals surface area contributed by atoms with Crippen molar-refractivity contribution in [3.05, 3.63) is 42.0 Å². The van der Waals surface area contributed by atoms with Crippen molar-refractivity contribution in [1.82, 2.24) is 0 Å². The molecule has 106 valence electrons. The van der Waals surface area contributed by atoms with E-state index in [2.05, 4.69) is 0 Å². The Balaban J connectivity index is 2.46. The molecule has 0 saturated carbocycles. The molecule has 0 fully saturated rings. The van der Waals surface area contributed by atoms with Gasteiger partial charge in [-0.15, -0.1) is 0 Å². The molecule has 6 heteroatoms. The topological polar surface area (TPSA) is 80.7 Å². The molecule has 0 bridgehead atoms. The molecule has 5 nitrogen and oxygen atoms in total. The van der Waals surface area contributed by atoms with Crippen LogP contribution >= 0.6 is 0 Å². The lowest BCUT2D eigenvalue weighted by molar-refractivity contribution is -0.140. The van der Waals surface area contributed by atoms with Crippen LogP contribution in [0.3, 0.4) is 0 Å². The largest absolute Gasteiger partial charge is 0.466 e. The molecule has 0 spiro atoms. The summed E-state index contributed by atoms with van der Waals surface area (Å²) in [7, 11) is -4.27. The summed E-state index contributed by atoms with van der Waals surface area (Å²) in [5.74, 6) is -0.358. The van der Waals surface area contributed by atoms with Gasteiger partial charge in [0.05, 0.1) is 6.61 Å². The maximum Gasteiger partial charge on any atom is 0.302 e. The molecule has 0 radical (unpaired) electrons. The Morgan fingerprint density at radius 2 is 1.80 bits per heavy atom. The van der Waals surface area contributed by atoms with Gasteiger partial charge in [-0.1, -0.05) is 30.3 Å². The molecule has 0 atom stereocenters. The SMILES string of the molecule is CC(=O)OCCc1ccc(S(=O)(=O)O)c2ccccc12. The van der Waals surface area contributed by atoms with Gasteiger partial charge in [0, 0.05) is 18.7 Å². The van der Waals surface area contributed by atoms with Crippen molar-refractivity contribution >= 4 is 26.9 Å². The minimum absolute atomic E-state index is 0.121. The third kappa shape index (κ3) is 3.15. The second-order valence-electron chi connectivity index (χ2n) is 4.33. The molecule has 2 aromatic carbocycles. The van der Waals surface area contributed by atoms with E-state index in [1.807, 2.05) is 0 Å². The number of benzene rings is 2. The van der Waals surface area contributed by atoms with Crippen LogP contribution in [-0.4, -0.2) is 25.5 Å². The average molecular weight is 294 g/mol. The van der Waals surface area contributed by atoms with E-state index in [4.69, 9.17) is 4.74 Å². The predicted molar refractivity (Wildman–Crippen MR) is 74.1 cm³/mol. The average Bonchev–Trinajstić information content (AvgIpc) is 2.37. The summed E-state index contributed by atoms with van der Waals surface area (Å²) in [6, 6.07) is 9.87. The molecule has 2 rings (SSSR count). The molecule has 0 amide bonds. The number of hydrogen-bond acceptors (Lipinski definition) is 4. The molecule has 20 heavy (non-hydrogen) atoms. The van der Waals surface area contributed by atoms with Crippen molar-refractivity contribution in [2.24, 2.45) is 0 Å². The lowest BCUT2D eigenvalue weighted by Crippen LogP contribution is -2.05. The lowest BCUT2D eigenvalue weighted by Gasteiger charge is -2.09. The van der Waals surface area contributed by atoms with Crippen LogP contribution in [0, 0.1) is 0 Å². The van der Waals surface area contributed by atoms with Crippen LogP contribution in [0.5, 0.6) is 0 Å². The minimum Gasteiger partial charge on any atom is -0.466 e. The molecule has 0 unspecified atom stereocenters. The van der Waals surface area contributed by atoms with E-state index in [9.17, 15) is 17.8 Å². The fourth-order valence-electron chi connectivity index (χ4n) is 2.08. The molecule has 0 aliphatic heterocycles. The van der Waals surface area contributed by atoms with Crippen molar-refractivity contribution in [1.29, 1.82) is 0 Å². The molecular weight excluding hydrogens is 280 g/mol. The van der Waals surface area contributed by atoms with Crippen LogP contribution < -0.4 is 0 Å². The maximum absolute atomic E-state index is 11.3. The second kappa shape index (κ2) is 5.60. The van der Waals surface area contributed by atoms with Crippen LogP contribution in [0.4, 0.5) is 0 Å². The number of fused-ring (bicyclic) bond motifs is 1. The molecule has 0 saturated heterocycles. The summed E-state index contributed by atoms with van der Waals surface area (Å²) in [6.07, 6.45) is 0.478. The monoisotopic (exact) mass is 294 g/mol. The van der Waals surface area contributed by atoms with Crippen molar-refractivity contribution < 1.29 is 22.5 Å². The fraction of sp³-hybridized carbons (Fsp3) is 0.214. The first-order chi connectivity index (χ1) is 9.39. The number of carbonyl (C=O) groups excluding carboxylic acids is 1. The third-order valence-electron chi connectivity index (χ3n) is 2.93. The van der Waals surface area contributed by atoms with Crippen LogP contribution in [0.1, 0.15) is 12.5 Å². The Kier molecular flexibility index (Phi) is 4.06. The highest BCUT2D eigenvalue weighted by Gasteiger charge is 2.15. The van der Waals surface area contributed by atoms with Crippen LogP contribution in [0.25, 0.3) is 10.8 Å². The van der Waals surface area contributed by atoms with Crippen molar-refractivity contribution in [3.8, 4) is 0 Å². The predicted octanol–water partition coefficient (Wildman–Crippen LogP) is 2.19. The first-order valence-electron chi connectivity index (χ1n) is 6.01. The van der Waals surface area contributed by atoms with E-state index in [0.29, 0.717) is 11.8 Å². The van der Waals surface area contributed by atoms with Crippen molar-refractivity contribution in [2.75, 3.05) is 6.61 Å². The molecular formula is C14H14O5S. The zero-order valence-electron chi connectivity index (χ0n) is 10.9. The number of esters is 1. The fourth-order valence-corrected chi connectivity index (χ4v) is 2.78. The normalized spacial score (nSPS) is 11.5. The van der Waals surface area contributed by atoms with Crippen LogP contribution in [0.2, 0.25) is 0 Å². The van der Waals surface area contributed by atoms with E-state index >= 15 is 0 Å². The summed E-state index contributed by atoms with van der Waals surface area (Å²) in [4.78, 5) is 10.6. The molecule has 0 aromatic heterocycles. The molecule has 0 aliphatic carbocycles. The lowest BCUT2D eigenvalue weighted by atomic mass is 10.0. The first kappa shape index (κ1) is 14.5. The summed E-state index contributed by atoms with van der Waals surface area (Å²) in [6.45, 7) is 1.56. The summed E-state index contributed by atoms with van der Waals surface area (Å²) in [5.41, 5.74) is 0.856. The Bertz CT molecular complexity index is 749. The Morgan fingerprint density at radius 1 is 1.15 bits per heavy atom. The van der Waals surface area contributed by atoms with Crippen LogP contribution in [0.15, 0.2) is 41.3 Å². The quantitative estimate of drug-likeness (QED) is 0.690. The van der Waals surface area contributed by atoms with Gasteiger partial charge in [0.1, 0.15) is 4.90 Å². The van der Waals surface area contributed by atoms with Crippen molar-refractivity contribution in [2.45, 2.75) is 18.2 Å². The first-order valence-corrected chi connectivity index (χ1v) is 7.45. The van der Waals surface area contributed by atoms with E-state index in [1.165, 1.54) is 13.0 Å². The summed E-state index contributed by atoms with van der Waals surface area (Å²) < 4.78 is 36.8. The van der Waals surface area contributed by atoms with Crippen molar-refractivity contribution in [3.63, 3.8) is 0 Å². The van der Waals surface area contributed by atoms with E-state index in [-0.39, 0.29) is 17.5 Å². The zero-order valence-corrected chi connectivity index (χ0v) is 11.7. The second-order valence-corrected chi connectivity index (χ2v) is 5.72. The Morgan fingerprint density at radius 3 is 2.40 bits per heavy atom. The maximum atomic E-state index is 11.3. The number of carbonyl (C=O) groups is 1. The Hall–Kier alpha value is -1.92. The standard InChI is InChI=1S/C14H14O5S/c1-10(15)19-9-8-11-6-7-14(20(16,17)18)13-5-3-2-4-12(11)13/h2-7H,8-9H2,1H3,(H,16,17,18). The number of hydrogen-bond donors (Lipinski definition) is 1. The number of rotatable bonds is 4. The van der Waals surface area contributed by atoms with Gasteiger partial charge in [0.25, 0.3) is 10.1 Å². The minimum atomic E-state index is -4.27. The van der Waals surface area contributed by atoms with Gasteiger partial charge < -0.3 is 4.74 Å².